The van der Waals surface area contributed by atoms with Crippen LogP contribution < -0.4 is 0 Å². The summed E-state index contributed by atoms with van der Waals surface area (Å²) in [4.78, 5) is 25.6. The highest BCUT2D eigenvalue weighted by atomic mass is 16.7. The Balaban J connectivity index is 1.83. The molecule has 5 atom stereocenters. The van der Waals surface area contributed by atoms with Crippen LogP contribution in [0.4, 0.5) is 0 Å². The number of aliphatic hydroxyl groups excluding tert-OH is 3. The van der Waals surface area contributed by atoms with Crippen LogP contribution >= 0.6 is 0 Å². The number of rotatable bonds is 11. The van der Waals surface area contributed by atoms with E-state index in [0.29, 0.717) is 16.7 Å². The van der Waals surface area contributed by atoms with Gasteiger partial charge in [-0.05, 0) is 47.9 Å². The van der Waals surface area contributed by atoms with Crippen molar-refractivity contribution in [2.75, 3.05) is 19.8 Å². The van der Waals surface area contributed by atoms with Crippen molar-refractivity contribution in [3.05, 3.63) is 65.2 Å². The Kier molecular flexibility index (Phi) is 10.7. The lowest BCUT2D eigenvalue weighted by molar-refractivity contribution is -0.304. The summed E-state index contributed by atoms with van der Waals surface area (Å²) in [6.07, 6.45) is -6.28. The number of carbonyl (C=O) groups excluding carboxylic acids is 2. The average molecular weight is 549 g/mol. The predicted molar refractivity (Wildman–Crippen MR) is 134 cm³/mol. The minimum Gasteiger partial charge on any atom is -0.508 e. The third-order valence-corrected chi connectivity index (χ3v) is 5.92. The minimum atomic E-state index is -1.60. The number of benzene rings is 2. The van der Waals surface area contributed by atoms with Crippen molar-refractivity contribution >= 4 is 11.9 Å². The Hall–Kier alpha value is -3.68. The van der Waals surface area contributed by atoms with Gasteiger partial charge < -0.3 is 49.6 Å². The first-order valence-electron chi connectivity index (χ1n) is 12.1. The van der Waals surface area contributed by atoms with E-state index in [2.05, 4.69) is 0 Å². The van der Waals surface area contributed by atoms with E-state index >= 15 is 0 Å². The Morgan fingerprint density at radius 1 is 0.897 bits per heavy atom. The Bertz CT molecular complexity index is 1150. The van der Waals surface area contributed by atoms with Crippen LogP contribution in [-0.4, -0.2) is 93.1 Å². The lowest BCUT2D eigenvalue weighted by Gasteiger charge is -2.42. The van der Waals surface area contributed by atoms with E-state index < -0.39 is 55.0 Å². The van der Waals surface area contributed by atoms with Gasteiger partial charge in [0.15, 0.2) is 30.0 Å². The van der Waals surface area contributed by atoms with Gasteiger partial charge in [-0.25, -0.2) is 0 Å². The fourth-order valence-corrected chi connectivity index (χ4v) is 3.88. The van der Waals surface area contributed by atoms with Gasteiger partial charge in [-0.15, -0.1) is 0 Å². The maximum Gasteiger partial charge on any atom is 0.310 e. The molecule has 2 aromatic carbocycles. The molecule has 1 heterocycles. The zero-order valence-corrected chi connectivity index (χ0v) is 21.2. The summed E-state index contributed by atoms with van der Waals surface area (Å²) in [5, 5.41) is 58.4. The highest BCUT2D eigenvalue weighted by Gasteiger charge is 2.50. The van der Waals surface area contributed by atoms with Crippen LogP contribution in [0.15, 0.2) is 54.1 Å². The SMILES string of the molecule is CC(=CCO)CO[C@@H]1O[C@H](CO)[C@@H](O)[C@H](OC(=O)Cc2ccc(O)c(O)c2)[C@H]1OC(=O)Cc1ccc(O)cc1. The van der Waals surface area contributed by atoms with Gasteiger partial charge in [-0.3, -0.25) is 9.59 Å². The normalized spacial score (nSPS) is 23.3. The molecular formula is C27H32O12. The molecule has 3 rings (SSSR count). The summed E-state index contributed by atoms with van der Waals surface area (Å²) >= 11 is 0. The Morgan fingerprint density at radius 2 is 1.51 bits per heavy atom. The number of hydrogen-bond acceptors (Lipinski definition) is 12. The Labute approximate surface area is 224 Å². The molecule has 212 valence electrons. The largest absolute Gasteiger partial charge is 0.508 e. The lowest BCUT2D eigenvalue weighted by atomic mass is 9.98. The van der Waals surface area contributed by atoms with Crippen LogP contribution in [0.5, 0.6) is 17.2 Å². The summed E-state index contributed by atoms with van der Waals surface area (Å²) in [7, 11) is 0. The second-order valence-electron chi connectivity index (χ2n) is 9.01. The van der Waals surface area contributed by atoms with Gasteiger partial charge in [0.2, 0.25) is 0 Å². The summed E-state index contributed by atoms with van der Waals surface area (Å²) in [6, 6.07) is 9.60. The standard InChI is InChI=1S/C27H32O12/c1-15(8-9-28)14-36-27-26(39-22(33)11-16-2-5-18(30)6-3-16)25(24(35)21(13-29)37-27)38-23(34)12-17-4-7-19(31)20(32)10-17/h2-8,10,21,24-32,35H,9,11-14H2,1H3/t21-,24-,25+,26-,27-/m1/s1. The number of esters is 2. The number of ether oxygens (including phenoxy) is 4. The summed E-state index contributed by atoms with van der Waals surface area (Å²) in [5.41, 5.74) is 1.43. The zero-order chi connectivity index (χ0) is 28.5. The van der Waals surface area contributed by atoms with Crippen LogP contribution in [0.1, 0.15) is 18.1 Å². The first-order valence-corrected chi connectivity index (χ1v) is 12.1. The van der Waals surface area contributed by atoms with Gasteiger partial charge in [-0.1, -0.05) is 24.3 Å². The maximum absolute atomic E-state index is 12.8. The first kappa shape index (κ1) is 29.9. The number of phenolic OH excluding ortho intramolecular Hbond substituents is 3. The number of carbonyl (C=O) groups is 2. The zero-order valence-electron chi connectivity index (χ0n) is 21.2. The second-order valence-corrected chi connectivity index (χ2v) is 9.01. The first-order chi connectivity index (χ1) is 18.6. The van der Waals surface area contributed by atoms with E-state index in [-0.39, 0.29) is 37.6 Å². The van der Waals surface area contributed by atoms with E-state index in [1.807, 2.05) is 0 Å². The van der Waals surface area contributed by atoms with E-state index in [1.165, 1.54) is 48.5 Å². The van der Waals surface area contributed by atoms with Gasteiger partial charge >= 0.3 is 11.9 Å². The van der Waals surface area contributed by atoms with Crippen molar-refractivity contribution in [2.24, 2.45) is 0 Å². The number of hydrogen-bond donors (Lipinski definition) is 6. The van der Waals surface area contributed by atoms with Crippen molar-refractivity contribution in [2.45, 2.75) is 50.5 Å². The number of phenols is 3. The molecule has 0 radical (unpaired) electrons. The lowest BCUT2D eigenvalue weighted by Crippen LogP contribution is -2.62. The molecule has 12 heteroatoms. The molecule has 0 spiro atoms. The molecule has 0 unspecified atom stereocenters. The quantitative estimate of drug-likeness (QED) is 0.129. The topological polar surface area (TPSA) is 192 Å². The molecule has 2 aromatic rings. The van der Waals surface area contributed by atoms with Gasteiger partial charge in [0.05, 0.1) is 32.7 Å². The van der Waals surface area contributed by atoms with Crippen LogP contribution in [0.3, 0.4) is 0 Å². The van der Waals surface area contributed by atoms with Crippen LogP contribution in [0, 0.1) is 0 Å². The molecule has 0 aliphatic carbocycles. The molecule has 0 saturated carbocycles. The van der Waals surface area contributed by atoms with E-state index in [4.69, 9.17) is 24.1 Å². The van der Waals surface area contributed by atoms with Crippen molar-refractivity contribution < 1.29 is 59.2 Å². The number of aromatic hydroxyl groups is 3. The molecule has 6 N–H and O–H groups in total. The summed E-state index contributed by atoms with van der Waals surface area (Å²) in [5.74, 6) is -2.43. The highest BCUT2D eigenvalue weighted by Crippen LogP contribution is 2.29. The van der Waals surface area contributed by atoms with Gasteiger partial charge in [-0.2, -0.15) is 0 Å². The second kappa shape index (κ2) is 13.9. The summed E-state index contributed by atoms with van der Waals surface area (Å²) in [6.45, 7) is 0.699. The summed E-state index contributed by atoms with van der Waals surface area (Å²) < 4.78 is 22.5. The smallest absolute Gasteiger partial charge is 0.310 e. The monoisotopic (exact) mass is 548 g/mol. The molecular weight excluding hydrogens is 516 g/mol. The molecule has 1 fully saturated rings. The van der Waals surface area contributed by atoms with Crippen LogP contribution in [0.2, 0.25) is 0 Å². The van der Waals surface area contributed by atoms with Crippen molar-refractivity contribution in [3.63, 3.8) is 0 Å². The van der Waals surface area contributed by atoms with E-state index in [1.54, 1.807) is 6.92 Å². The van der Waals surface area contributed by atoms with Crippen molar-refractivity contribution in [1.29, 1.82) is 0 Å². The van der Waals surface area contributed by atoms with Crippen molar-refractivity contribution in [1.82, 2.24) is 0 Å². The third kappa shape index (κ3) is 8.40. The van der Waals surface area contributed by atoms with Gasteiger partial charge in [0.25, 0.3) is 0 Å². The molecule has 0 amide bonds. The number of aliphatic hydroxyl groups is 3. The fraction of sp³-hybridized carbons (Fsp3) is 0.407. The van der Waals surface area contributed by atoms with Crippen LogP contribution in [0.25, 0.3) is 0 Å². The minimum absolute atomic E-state index is 0.0136. The maximum atomic E-state index is 12.8. The van der Waals surface area contributed by atoms with E-state index in [0.717, 1.165) is 0 Å². The predicted octanol–water partition coefficient (Wildman–Crippen LogP) is 0.445. The van der Waals surface area contributed by atoms with Crippen LogP contribution in [-0.2, 0) is 41.4 Å². The highest BCUT2D eigenvalue weighted by molar-refractivity contribution is 5.74. The average Bonchev–Trinajstić information content (AvgIpc) is 2.89. The molecule has 1 aliphatic heterocycles. The molecule has 1 aliphatic rings. The molecule has 0 aromatic heterocycles. The molecule has 0 bridgehead atoms. The van der Waals surface area contributed by atoms with Crippen molar-refractivity contribution in [3.8, 4) is 17.2 Å². The fourth-order valence-electron chi connectivity index (χ4n) is 3.88. The van der Waals surface area contributed by atoms with Gasteiger partial charge in [0.1, 0.15) is 18.0 Å². The van der Waals surface area contributed by atoms with E-state index in [9.17, 15) is 35.1 Å². The molecule has 1 saturated heterocycles. The van der Waals surface area contributed by atoms with Gasteiger partial charge in [0, 0.05) is 0 Å². The third-order valence-electron chi connectivity index (χ3n) is 5.92. The Morgan fingerprint density at radius 3 is 2.13 bits per heavy atom. The molecule has 39 heavy (non-hydrogen) atoms. The molecule has 12 nitrogen and oxygen atoms in total.